The number of rotatable bonds is 7. The Balaban J connectivity index is 1.13. The van der Waals surface area contributed by atoms with Crippen LogP contribution in [-0.4, -0.2) is 4.57 Å². The Morgan fingerprint density at radius 3 is 1.19 bits per heavy atom. The molecular weight excluding hydrogens is 1060 g/mol. The molecule has 1 aromatic heterocycles. The molecule has 448 valence electrons. The lowest BCUT2D eigenvalue weighted by Gasteiger charge is -2.31. The average molecular weight is 1160 g/mol. The number of nitrogens with zero attached hydrogens (tertiary/aromatic N) is 2. The molecule has 0 spiro atoms. The molecule has 0 bridgehead atoms. The maximum absolute atomic E-state index is 2.58. The molecule has 0 amide bonds. The second kappa shape index (κ2) is 20.8. The van der Waals surface area contributed by atoms with Gasteiger partial charge in [0.05, 0.1) is 28.1 Å². The van der Waals surface area contributed by atoms with E-state index in [1.54, 1.807) is 0 Å². The SMILES string of the molecule is CC(C)(C)c1ccc(-c2cc(C(C)(C)C)ccc2N(c2cccc(-c3cc(-c4cc(C(C)(C)C)cc(C(C)(C)C)c4)cc(C(C)(C)C)c3)c2)c2ccc3ccc4c(-n5c6ccc(C(C)(C)C)cc6c6cc(C(C)(C)C)ccc65)ccc5ccc2c3c54)cc1. The van der Waals surface area contributed by atoms with E-state index >= 15 is 0 Å². The zero-order chi connectivity index (χ0) is 63.2. The van der Waals surface area contributed by atoms with Crippen molar-refractivity contribution in [2.24, 2.45) is 0 Å². The summed E-state index contributed by atoms with van der Waals surface area (Å²) < 4.78 is 2.55. The first kappa shape index (κ1) is 60.3. The van der Waals surface area contributed by atoms with Crippen LogP contribution in [-0.2, 0) is 37.9 Å². The summed E-state index contributed by atoms with van der Waals surface area (Å²) in [5, 5.41) is 10.1. The van der Waals surface area contributed by atoms with Crippen LogP contribution in [0.25, 0.3) is 93.2 Å². The fourth-order valence-corrected chi connectivity index (χ4v) is 13.2. The van der Waals surface area contributed by atoms with Gasteiger partial charge in [0.2, 0.25) is 0 Å². The largest absolute Gasteiger partial charge is 0.309 e. The highest BCUT2D eigenvalue weighted by Gasteiger charge is 2.29. The van der Waals surface area contributed by atoms with E-state index < -0.39 is 0 Å². The fraction of sp³-hybridized carbons (Fsp3) is 0.326. The van der Waals surface area contributed by atoms with Gasteiger partial charge in [0.15, 0.2) is 0 Å². The Kier molecular flexibility index (Phi) is 14.3. The summed E-state index contributed by atoms with van der Waals surface area (Å²) in [6.45, 7) is 48.9. The minimum absolute atomic E-state index is 0.00712. The van der Waals surface area contributed by atoms with Gasteiger partial charge in [-0.15, -0.1) is 0 Å². The van der Waals surface area contributed by atoms with Crippen LogP contribution >= 0.6 is 0 Å². The highest BCUT2D eigenvalue weighted by atomic mass is 15.1. The number of fused-ring (bicyclic) bond motifs is 3. The summed E-state index contributed by atoms with van der Waals surface area (Å²) in [7, 11) is 0. The quantitative estimate of drug-likeness (QED) is 0.144. The average Bonchev–Trinajstić information content (AvgIpc) is 1.29. The van der Waals surface area contributed by atoms with Crippen LogP contribution in [0.4, 0.5) is 17.1 Å². The summed E-state index contributed by atoms with van der Waals surface area (Å²) in [6.07, 6.45) is 0. The molecule has 0 fully saturated rings. The van der Waals surface area contributed by atoms with Crippen molar-refractivity contribution in [2.45, 2.75) is 183 Å². The molecule has 88 heavy (non-hydrogen) atoms. The van der Waals surface area contributed by atoms with E-state index in [9.17, 15) is 0 Å². The van der Waals surface area contributed by atoms with Crippen molar-refractivity contribution >= 4 is 71.2 Å². The Morgan fingerprint density at radius 1 is 0.261 bits per heavy atom. The first-order valence-electron chi connectivity index (χ1n) is 32.3. The van der Waals surface area contributed by atoms with Crippen molar-refractivity contribution < 1.29 is 0 Å². The molecule has 0 N–H and O–H groups in total. The number of aromatic nitrogens is 1. The van der Waals surface area contributed by atoms with E-state index in [4.69, 9.17) is 0 Å². The molecule has 1 heterocycles. The minimum Gasteiger partial charge on any atom is -0.309 e. The molecule has 0 radical (unpaired) electrons. The van der Waals surface area contributed by atoms with Gasteiger partial charge in [-0.2, -0.15) is 0 Å². The van der Waals surface area contributed by atoms with Crippen LogP contribution in [0.5, 0.6) is 0 Å². The molecule has 12 rings (SSSR count). The monoisotopic (exact) mass is 1150 g/mol. The highest BCUT2D eigenvalue weighted by molar-refractivity contribution is 6.27. The van der Waals surface area contributed by atoms with Crippen molar-refractivity contribution in [3.05, 3.63) is 227 Å². The summed E-state index contributed by atoms with van der Waals surface area (Å²) in [4.78, 5) is 2.58. The number of anilines is 3. The van der Waals surface area contributed by atoms with Crippen molar-refractivity contribution in [1.82, 2.24) is 4.57 Å². The van der Waals surface area contributed by atoms with Gasteiger partial charge < -0.3 is 9.47 Å². The van der Waals surface area contributed by atoms with Gasteiger partial charge in [0.1, 0.15) is 0 Å². The van der Waals surface area contributed by atoms with E-state index in [0.29, 0.717) is 0 Å². The van der Waals surface area contributed by atoms with Crippen LogP contribution < -0.4 is 4.90 Å². The van der Waals surface area contributed by atoms with Gasteiger partial charge in [0.25, 0.3) is 0 Å². The van der Waals surface area contributed by atoms with E-state index in [-0.39, 0.29) is 37.9 Å². The summed E-state index contributed by atoms with van der Waals surface area (Å²) in [6, 6.07) is 74.1. The molecule has 12 aromatic rings. The highest BCUT2D eigenvalue weighted by Crippen LogP contribution is 2.50. The molecule has 0 saturated heterocycles. The lowest BCUT2D eigenvalue weighted by molar-refractivity contribution is 0.569. The Bertz CT molecular complexity index is 4570. The molecule has 2 nitrogen and oxygen atoms in total. The van der Waals surface area contributed by atoms with Gasteiger partial charge in [-0.3, -0.25) is 0 Å². The molecule has 2 heteroatoms. The Morgan fingerprint density at radius 2 is 0.670 bits per heavy atom. The molecule has 0 aliphatic heterocycles. The maximum Gasteiger partial charge on any atom is 0.0541 e. The van der Waals surface area contributed by atoms with Crippen molar-refractivity contribution in [2.75, 3.05) is 4.90 Å². The summed E-state index contributed by atoms with van der Waals surface area (Å²) in [5.41, 5.74) is 23.5. The lowest BCUT2D eigenvalue weighted by atomic mass is 9.78. The van der Waals surface area contributed by atoms with Gasteiger partial charge in [0, 0.05) is 32.8 Å². The van der Waals surface area contributed by atoms with Crippen LogP contribution in [0.2, 0.25) is 0 Å². The maximum atomic E-state index is 2.58. The standard InChI is InChI=1S/C86H94N2/c1-80(2,3)60-31-25-53(26-32-60)70-50-61(81(4,5)6)33-40-75(70)87(67-24-22-23-56(48-67)57-43-58(45-64(44-57)84(13,14)15)59-46-65(85(16,17)18)49-66(47-59)86(19,20)21)73-38-29-54-28-37-69-74(39-30-55-27-36-68(73)78(54)79(55)69)88-76-41-34-62(82(7,8)9)51-71(76)72-52-63(83(10,11)12)35-42-77(72)88/h22-52H,1-21H3. The number of hydrogen-bond acceptors (Lipinski definition) is 1. The summed E-state index contributed by atoms with van der Waals surface area (Å²) in [5.74, 6) is 0. The van der Waals surface area contributed by atoms with E-state index in [0.717, 1.165) is 17.1 Å². The zero-order valence-corrected chi connectivity index (χ0v) is 56.8. The Hall–Kier alpha value is -7.94. The molecule has 0 atom stereocenters. The third-order valence-electron chi connectivity index (χ3n) is 19.0. The van der Waals surface area contributed by atoms with Crippen LogP contribution in [0.3, 0.4) is 0 Å². The summed E-state index contributed by atoms with van der Waals surface area (Å²) >= 11 is 0. The molecular formula is C86H94N2. The smallest absolute Gasteiger partial charge is 0.0541 e. The fourth-order valence-electron chi connectivity index (χ4n) is 13.2. The van der Waals surface area contributed by atoms with Gasteiger partial charge in [-0.25, -0.2) is 0 Å². The molecule has 0 saturated carbocycles. The van der Waals surface area contributed by atoms with Gasteiger partial charge in [-0.05, 0) is 193 Å². The van der Waals surface area contributed by atoms with Crippen molar-refractivity contribution in [3.8, 4) is 39.1 Å². The van der Waals surface area contributed by atoms with E-state index in [2.05, 4.69) is 343 Å². The zero-order valence-electron chi connectivity index (χ0n) is 56.8. The predicted molar refractivity (Wildman–Crippen MR) is 386 cm³/mol. The number of benzene rings is 11. The molecule has 0 aliphatic rings. The third-order valence-corrected chi connectivity index (χ3v) is 19.0. The normalized spacial score (nSPS) is 13.3. The molecule has 11 aromatic carbocycles. The number of hydrogen-bond donors (Lipinski definition) is 0. The molecule has 0 unspecified atom stereocenters. The predicted octanol–water partition coefficient (Wildman–Crippen LogP) is 25.2. The second-order valence-corrected chi connectivity index (χ2v) is 32.9. The first-order chi connectivity index (χ1) is 41.0. The Labute approximate surface area is 527 Å². The topological polar surface area (TPSA) is 8.17 Å². The lowest BCUT2D eigenvalue weighted by Crippen LogP contribution is -2.16. The third kappa shape index (κ3) is 11.0. The van der Waals surface area contributed by atoms with E-state index in [1.165, 1.54) is 132 Å². The van der Waals surface area contributed by atoms with Crippen molar-refractivity contribution in [1.29, 1.82) is 0 Å². The minimum atomic E-state index is -0.0934. The van der Waals surface area contributed by atoms with Crippen LogP contribution in [0, 0.1) is 0 Å². The first-order valence-corrected chi connectivity index (χ1v) is 32.3. The van der Waals surface area contributed by atoms with E-state index in [1.807, 2.05) is 0 Å². The molecule has 0 aliphatic carbocycles. The van der Waals surface area contributed by atoms with Crippen molar-refractivity contribution in [3.63, 3.8) is 0 Å². The van der Waals surface area contributed by atoms with Gasteiger partial charge >= 0.3 is 0 Å². The second-order valence-electron chi connectivity index (χ2n) is 32.9. The van der Waals surface area contributed by atoms with Crippen LogP contribution in [0.15, 0.2) is 188 Å². The van der Waals surface area contributed by atoms with Gasteiger partial charge in [-0.1, -0.05) is 267 Å². The van der Waals surface area contributed by atoms with Crippen LogP contribution in [0.1, 0.15) is 184 Å².